The summed E-state index contributed by atoms with van der Waals surface area (Å²) in [6.07, 6.45) is 6.72. The molecule has 0 bridgehead atoms. The van der Waals surface area contributed by atoms with Crippen LogP contribution in [0.25, 0.3) is 17.7 Å². The van der Waals surface area contributed by atoms with E-state index in [1.54, 1.807) is 7.11 Å². The molecule has 0 saturated heterocycles. The van der Waals surface area contributed by atoms with Crippen LogP contribution in [0.5, 0.6) is 5.75 Å². The van der Waals surface area contributed by atoms with Crippen LogP contribution in [0.3, 0.4) is 0 Å². The molecule has 0 fully saturated rings. The van der Waals surface area contributed by atoms with E-state index in [9.17, 15) is 0 Å². The van der Waals surface area contributed by atoms with Crippen LogP contribution in [0, 0.1) is 0 Å². The number of rotatable bonds is 2. The van der Waals surface area contributed by atoms with E-state index in [2.05, 4.69) is 83.9 Å². The molecular weight excluding hydrogens is 318 g/mol. The van der Waals surface area contributed by atoms with Gasteiger partial charge in [0.2, 0.25) is 0 Å². The van der Waals surface area contributed by atoms with Gasteiger partial charge in [-0.2, -0.15) is 0 Å². The van der Waals surface area contributed by atoms with Gasteiger partial charge >= 0.3 is 0 Å². The van der Waals surface area contributed by atoms with Gasteiger partial charge < -0.3 is 9.64 Å². The summed E-state index contributed by atoms with van der Waals surface area (Å²) in [4.78, 5) is 2.38. The fourth-order valence-corrected chi connectivity index (χ4v) is 3.97. The summed E-state index contributed by atoms with van der Waals surface area (Å²) in [6, 6.07) is 25.8. The number of anilines is 1. The number of para-hydroxylation sites is 1. The number of benzene rings is 3. The monoisotopic (exact) mass is 337 g/mol. The van der Waals surface area contributed by atoms with E-state index >= 15 is 0 Å². The fourth-order valence-electron chi connectivity index (χ4n) is 3.97. The Labute approximate surface area is 153 Å². The molecule has 3 aromatic carbocycles. The molecule has 26 heavy (non-hydrogen) atoms. The molecule has 0 radical (unpaired) electrons. The third-order valence-corrected chi connectivity index (χ3v) is 5.21. The number of hydrogen-bond acceptors (Lipinski definition) is 2. The minimum atomic E-state index is 0.218. The van der Waals surface area contributed by atoms with Crippen LogP contribution in [0.1, 0.15) is 28.3 Å². The number of hydrogen-bond donors (Lipinski definition) is 0. The van der Waals surface area contributed by atoms with Gasteiger partial charge in [0.05, 0.1) is 13.2 Å². The normalized spacial score (nSPS) is 18.4. The minimum Gasteiger partial charge on any atom is -0.497 e. The third kappa shape index (κ3) is 2.26. The molecule has 5 rings (SSSR count). The molecule has 0 spiro atoms. The van der Waals surface area contributed by atoms with E-state index in [-0.39, 0.29) is 6.04 Å². The van der Waals surface area contributed by atoms with Gasteiger partial charge in [-0.15, -0.1) is 0 Å². The summed E-state index contributed by atoms with van der Waals surface area (Å²) in [5.74, 6) is 0.881. The highest BCUT2D eigenvalue weighted by Gasteiger charge is 2.36. The SMILES string of the molecule is COc1ccc(C=C2c3ccccc3N3C=Cc4ccccc4C23)cc1. The highest BCUT2D eigenvalue weighted by molar-refractivity contribution is 5.98. The van der Waals surface area contributed by atoms with Gasteiger partial charge in [0.15, 0.2) is 0 Å². The van der Waals surface area contributed by atoms with Crippen molar-refractivity contribution in [1.29, 1.82) is 0 Å². The lowest BCUT2D eigenvalue weighted by atomic mass is 9.90. The van der Waals surface area contributed by atoms with E-state index < -0.39 is 0 Å². The Hall–Kier alpha value is -3.26. The molecule has 0 amide bonds. The molecule has 2 aliphatic heterocycles. The molecular formula is C24H19NO. The van der Waals surface area contributed by atoms with Crippen molar-refractivity contribution in [2.24, 2.45) is 0 Å². The highest BCUT2D eigenvalue weighted by atomic mass is 16.5. The number of methoxy groups -OCH3 is 1. The largest absolute Gasteiger partial charge is 0.497 e. The molecule has 2 nitrogen and oxygen atoms in total. The summed E-state index contributed by atoms with van der Waals surface area (Å²) in [7, 11) is 1.70. The molecule has 2 heterocycles. The predicted molar refractivity (Wildman–Crippen MR) is 108 cm³/mol. The second kappa shape index (κ2) is 5.92. The van der Waals surface area contributed by atoms with Crippen LogP contribution in [0.2, 0.25) is 0 Å². The summed E-state index contributed by atoms with van der Waals surface area (Å²) >= 11 is 0. The number of ether oxygens (including phenoxy) is 1. The van der Waals surface area contributed by atoms with Crippen molar-refractivity contribution in [3.8, 4) is 5.75 Å². The zero-order valence-corrected chi connectivity index (χ0v) is 14.6. The van der Waals surface area contributed by atoms with E-state index in [0.29, 0.717) is 0 Å². The van der Waals surface area contributed by atoms with Crippen LogP contribution >= 0.6 is 0 Å². The predicted octanol–water partition coefficient (Wildman–Crippen LogP) is 5.78. The van der Waals surface area contributed by atoms with Gasteiger partial charge in [0, 0.05) is 17.5 Å². The summed E-state index contributed by atoms with van der Waals surface area (Å²) in [5, 5.41) is 0. The van der Waals surface area contributed by atoms with Crippen molar-refractivity contribution < 1.29 is 4.74 Å². The standard InChI is InChI=1S/C24H19NO/c1-26-19-12-10-17(11-13-19)16-22-21-8-4-5-9-23(21)25-15-14-18-6-2-3-7-20(18)24(22)25/h2-16,24H,1H3. The summed E-state index contributed by atoms with van der Waals surface area (Å²) in [6.45, 7) is 0. The lowest BCUT2D eigenvalue weighted by Crippen LogP contribution is -2.21. The van der Waals surface area contributed by atoms with Crippen LogP contribution in [0.15, 0.2) is 79.0 Å². The Kier molecular flexibility index (Phi) is 3.42. The van der Waals surface area contributed by atoms with Gasteiger partial charge in [-0.25, -0.2) is 0 Å². The second-order valence-corrected chi connectivity index (χ2v) is 6.64. The van der Waals surface area contributed by atoms with Gasteiger partial charge in [0.1, 0.15) is 5.75 Å². The highest BCUT2D eigenvalue weighted by Crippen LogP contribution is 2.51. The maximum absolute atomic E-state index is 5.29. The fraction of sp³-hybridized carbons (Fsp3) is 0.0833. The first-order chi connectivity index (χ1) is 12.8. The topological polar surface area (TPSA) is 12.5 Å². The second-order valence-electron chi connectivity index (χ2n) is 6.64. The molecule has 1 unspecified atom stereocenters. The molecule has 1 atom stereocenters. The average molecular weight is 337 g/mol. The van der Waals surface area contributed by atoms with Crippen LogP contribution in [-0.4, -0.2) is 7.11 Å². The first kappa shape index (κ1) is 15.0. The Morgan fingerprint density at radius 1 is 0.885 bits per heavy atom. The van der Waals surface area contributed by atoms with Crippen molar-refractivity contribution >= 4 is 23.4 Å². The molecule has 126 valence electrons. The summed E-state index contributed by atoms with van der Waals surface area (Å²) in [5.41, 5.74) is 7.73. The zero-order valence-electron chi connectivity index (χ0n) is 14.6. The van der Waals surface area contributed by atoms with Crippen molar-refractivity contribution in [2.45, 2.75) is 6.04 Å². The van der Waals surface area contributed by atoms with Crippen molar-refractivity contribution in [3.05, 3.63) is 101 Å². The number of nitrogens with zero attached hydrogens (tertiary/aromatic N) is 1. The quantitative estimate of drug-likeness (QED) is 0.587. The van der Waals surface area contributed by atoms with E-state index in [4.69, 9.17) is 4.74 Å². The van der Waals surface area contributed by atoms with E-state index in [1.165, 1.54) is 33.5 Å². The third-order valence-electron chi connectivity index (χ3n) is 5.21. The van der Waals surface area contributed by atoms with Crippen LogP contribution in [-0.2, 0) is 0 Å². The van der Waals surface area contributed by atoms with Crippen molar-refractivity contribution in [1.82, 2.24) is 0 Å². The smallest absolute Gasteiger partial charge is 0.118 e. The lowest BCUT2D eigenvalue weighted by molar-refractivity contribution is 0.415. The Balaban J connectivity index is 1.69. The zero-order chi connectivity index (χ0) is 17.5. The maximum Gasteiger partial charge on any atom is 0.118 e. The van der Waals surface area contributed by atoms with Crippen LogP contribution < -0.4 is 9.64 Å². The van der Waals surface area contributed by atoms with Gasteiger partial charge in [-0.1, -0.05) is 54.6 Å². The minimum absolute atomic E-state index is 0.218. The molecule has 0 aliphatic carbocycles. The molecule has 2 aliphatic rings. The number of fused-ring (bicyclic) bond motifs is 5. The van der Waals surface area contributed by atoms with E-state index in [1.807, 2.05) is 12.1 Å². The first-order valence-corrected chi connectivity index (χ1v) is 8.86. The Morgan fingerprint density at radius 2 is 1.65 bits per heavy atom. The molecule has 2 heteroatoms. The molecule has 0 aromatic heterocycles. The average Bonchev–Trinajstić information content (AvgIpc) is 3.03. The van der Waals surface area contributed by atoms with Crippen molar-refractivity contribution in [2.75, 3.05) is 12.0 Å². The van der Waals surface area contributed by atoms with Gasteiger partial charge in [-0.05, 0) is 52.6 Å². The molecule has 0 N–H and O–H groups in total. The van der Waals surface area contributed by atoms with Gasteiger partial charge in [0.25, 0.3) is 0 Å². The first-order valence-electron chi connectivity index (χ1n) is 8.86. The molecule has 3 aromatic rings. The lowest BCUT2D eigenvalue weighted by Gasteiger charge is -2.29. The summed E-state index contributed by atoms with van der Waals surface area (Å²) < 4.78 is 5.29. The van der Waals surface area contributed by atoms with E-state index in [0.717, 1.165) is 5.75 Å². The van der Waals surface area contributed by atoms with Crippen molar-refractivity contribution in [3.63, 3.8) is 0 Å². The maximum atomic E-state index is 5.29. The molecule has 0 saturated carbocycles. The van der Waals surface area contributed by atoms with Crippen LogP contribution in [0.4, 0.5) is 5.69 Å². The van der Waals surface area contributed by atoms with Gasteiger partial charge in [-0.3, -0.25) is 0 Å². The Morgan fingerprint density at radius 3 is 2.50 bits per heavy atom. The Bertz CT molecular complexity index is 1030.